The molecule has 0 aliphatic rings. The number of rotatable bonds is 6. The SMILES string of the molecule is Cc1c(N(C)S(=O)(=O)c2cccc(C(=O)Nc3ccccc3Cl)c2)c(=O)n(-c2ccccc2)n1C. The highest BCUT2D eigenvalue weighted by Crippen LogP contribution is 2.25. The van der Waals surface area contributed by atoms with Gasteiger partial charge in [-0.15, -0.1) is 0 Å². The van der Waals surface area contributed by atoms with Gasteiger partial charge in [0.2, 0.25) is 0 Å². The maximum Gasteiger partial charge on any atom is 0.296 e. The predicted molar refractivity (Wildman–Crippen MR) is 137 cm³/mol. The molecule has 35 heavy (non-hydrogen) atoms. The number of nitrogens with one attached hydrogen (secondary N) is 1. The van der Waals surface area contributed by atoms with Crippen molar-refractivity contribution in [3.8, 4) is 5.69 Å². The van der Waals surface area contributed by atoms with Gasteiger partial charge in [0.05, 0.1) is 27.0 Å². The van der Waals surface area contributed by atoms with Crippen LogP contribution in [-0.4, -0.2) is 30.7 Å². The zero-order chi connectivity index (χ0) is 25.3. The van der Waals surface area contributed by atoms with Gasteiger partial charge < -0.3 is 5.32 Å². The molecule has 4 aromatic rings. The van der Waals surface area contributed by atoms with Crippen molar-refractivity contribution in [3.05, 3.63) is 105 Å². The number of anilines is 2. The normalized spacial score (nSPS) is 11.3. The van der Waals surface area contributed by atoms with E-state index in [1.54, 1.807) is 67.2 Å². The summed E-state index contributed by atoms with van der Waals surface area (Å²) in [5.41, 5.74) is 1.16. The number of carbonyl (C=O) groups excluding carboxylic acids is 1. The Labute approximate surface area is 208 Å². The molecule has 0 aliphatic heterocycles. The number of amides is 1. The fourth-order valence-electron chi connectivity index (χ4n) is 3.75. The van der Waals surface area contributed by atoms with Gasteiger partial charge in [-0.05, 0) is 49.4 Å². The van der Waals surface area contributed by atoms with E-state index < -0.39 is 21.5 Å². The van der Waals surface area contributed by atoms with Crippen molar-refractivity contribution in [2.45, 2.75) is 11.8 Å². The monoisotopic (exact) mass is 510 g/mol. The molecule has 1 N–H and O–H groups in total. The minimum absolute atomic E-state index is 0.0160. The number of para-hydroxylation sites is 2. The van der Waals surface area contributed by atoms with Crippen LogP contribution in [0.15, 0.2) is 88.6 Å². The van der Waals surface area contributed by atoms with Gasteiger partial charge in [0.15, 0.2) is 0 Å². The first kappa shape index (κ1) is 24.3. The minimum atomic E-state index is -4.16. The first-order valence-electron chi connectivity index (χ1n) is 10.6. The van der Waals surface area contributed by atoms with Crippen LogP contribution in [-0.2, 0) is 17.1 Å². The Bertz CT molecular complexity index is 1580. The molecular weight excluding hydrogens is 488 g/mol. The fourth-order valence-corrected chi connectivity index (χ4v) is 5.23. The summed E-state index contributed by atoms with van der Waals surface area (Å²) in [6.45, 7) is 1.68. The van der Waals surface area contributed by atoms with Gasteiger partial charge in [0, 0.05) is 19.7 Å². The van der Waals surface area contributed by atoms with E-state index in [0.29, 0.717) is 22.1 Å². The first-order valence-corrected chi connectivity index (χ1v) is 12.4. The maximum atomic E-state index is 13.5. The average molecular weight is 511 g/mol. The molecule has 0 aliphatic carbocycles. The van der Waals surface area contributed by atoms with Crippen molar-refractivity contribution in [1.29, 1.82) is 0 Å². The summed E-state index contributed by atoms with van der Waals surface area (Å²) < 4.78 is 31.0. The molecule has 0 spiro atoms. The van der Waals surface area contributed by atoms with E-state index in [1.807, 2.05) is 6.07 Å². The van der Waals surface area contributed by atoms with Crippen LogP contribution in [0, 0.1) is 6.92 Å². The van der Waals surface area contributed by atoms with E-state index in [4.69, 9.17) is 11.6 Å². The number of hydrogen-bond donors (Lipinski definition) is 1. The van der Waals surface area contributed by atoms with Crippen LogP contribution in [0.5, 0.6) is 0 Å². The topological polar surface area (TPSA) is 93.4 Å². The van der Waals surface area contributed by atoms with Crippen LogP contribution in [0.4, 0.5) is 11.4 Å². The second kappa shape index (κ2) is 9.44. The molecule has 3 aromatic carbocycles. The van der Waals surface area contributed by atoms with Crippen molar-refractivity contribution in [2.75, 3.05) is 16.7 Å². The van der Waals surface area contributed by atoms with Crippen LogP contribution < -0.4 is 15.2 Å². The van der Waals surface area contributed by atoms with Crippen LogP contribution in [0.2, 0.25) is 5.02 Å². The van der Waals surface area contributed by atoms with Gasteiger partial charge >= 0.3 is 0 Å². The molecule has 180 valence electrons. The highest BCUT2D eigenvalue weighted by Gasteiger charge is 2.29. The zero-order valence-corrected chi connectivity index (χ0v) is 20.8. The van der Waals surface area contributed by atoms with Crippen LogP contribution in [0.25, 0.3) is 5.69 Å². The molecule has 1 aromatic heterocycles. The number of nitrogens with zero attached hydrogens (tertiary/aromatic N) is 3. The molecule has 8 nitrogen and oxygen atoms in total. The van der Waals surface area contributed by atoms with Crippen molar-refractivity contribution in [2.24, 2.45) is 7.05 Å². The van der Waals surface area contributed by atoms with Crippen molar-refractivity contribution in [1.82, 2.24) is 9.36 Å². The van der Waals surface area contributed by atoms with E-state index >= 15 is 0 Å². The summed E-state index contributed by atoms with van der Waals surface area (Å²) >= 11 is 6.11. The third-order valence-corrected chi connectivity index (χ3v) is 7.80. The van der Waals surface area contributed by atoms with Crippen molar-refractivity contribution in [3.63, 3.8) is 0 Å². The molecule has 0 fully saturated rings. The third-order valence-electron chi connectivity index (χ3n) is 5.72. The molecule has 4 rings (SSSR count). The number of benzene rings is 3. The molecule has 1 amide bonds. The Morgan fingerprint density at radius 1 is 0.971 bits per heavy atom. The Hall–Kier alpha value is -3.82. The summed E-state index contributed by atoms with van der Waals surface area (Å²) in [4.78, 5) is 25.9. The fraction of sp³-hybridized carbons (Fsp3) is 0.120. The van der Waals surface area contributed by atoms with Gasteiger partial charge in [-0.25, -0.2) is 13.1 Å². The second-order valence-corrected chi connectivity index (χ2v) is 10.2. The summed E-state index contributed by atoms with van der Waals surface area (Å²) in [5, 5.41) is 3.04. The lowest BCUT2D eigenvalue weighted by Crippen LogP contribution is -2.32. The van der Waals surface area contributed by atoms with Crippen LogP contribution in [0.3, 0.4) is 0 Å². The Morgan fingerprint density at radius 3 is 2.31 bits per heavy atom. The standard InChI is InChI=1S/C25H23ClN4O4S/c1-17-23(25(32)30(28(17)2)19-11-5-4-6-12-19)29(3)35(33,34)20-13-9-10-18(16-20)24(31)27-22-15-8-7-14-21(22)26/h4-16H,1-3H3,(H,27,31). The molecule has 1 heterocycles. The summed E-state index contributed by atoms with van der Waals surface area (Å²) in [7, 11) is -1.15. The second-order valence-electron chi connectivity index (χ2n) is 7.84. The maximum absolute atomic E-state index is 13.5. The molecular formula is C25H23ClN4O4S. The molecule has 0 bridgehead atoms. The van der Waals surface area contributed by atoms with Crippen LogP contribution >= 0.6 is 11.6 Å². The summed E-state index contributed by atoms with van der Waals surface area (Å²) in [6, 6.07) is 21.3. The number of hydrogen-bond acceptors (Lipinski definition) is 4. The van der Waals surface area contributed by atoms with Crippen LogP contribution in [0.1, 0.15) is 16.1 Å². The lowest BCUT2D eigenvalue weighted by atomic mass is 10.2. The highest BCUT2D eigenvalue weighted by molar-refractivity contribution is 7.92. The summed E-state index contributed by atoms with van der Waals surface area (Å²) in [6.07, 6.45) is 0. The molecule has 0 atom stereocenters. The van der Waals surface area contributed by atoms with E-state index in [-0.39, 0.29) is 16.1 Å². The Balaban J connectivity index is 1.70. The number of halogens is 1. The Morgan fingerprint density at radius 2 is 1.63 bits per heavy atom. The van der Waals surface area contributed by atoms with E-state index in [2.05, 4.69) is 5.32 Å². The molecule has 0 saturated heterocycles. The smallest absolute Gasteiger partial charge is 0.296 e. The quantitative estimate of drug-likeness (QED) is 0.420. The van der Waals surface area contributed by atoms with E-state index in [1.165, 1.54) is 36.0 Å². The van der Waals surface area contributed by atoms with E-state index in [9.17, 15) is 18.0 Å². The molecule has 0 radical (unpaired) electrons. The van der Waals surface area contributed by atoms with Gasteiger partial charge in [-0.2, -0.15) is 0 Å². The van der Waals surface area contributed by atoms with Gasteiger partial charge in [0.1, 0.15) is 5.69 Å². The van der Waals surface area contributed by atoms with E-state index in [0.717, 1.165) is 4.31 Å². The molecule has 0 unspecified atom stereocenters. The van der Waals surface area contributed by atoms with Crippen molar-refractivity contribution < 1.29 is 13.2 Å². The van der Waals surface area contributed by atoms with Gasteiger partial charge in [-0.3, -0.25) is 18.6 Å². The first-order chi connectivity index (χ1) is 16.6. The van der Waals surface area contributed by atoms with Gasteiger partial charge in [0.25, 0.3) is 21.5 Å². The predicted octanol–water partition coefficient (Wildman–Crippen LogP) is 4.22. The largest absolute Gasteiger partial charge is 0.321 e. The number of sulfonamides is 1. The average Bonchev–Trinajstić information content (AvgIpc) is 3.08. The highest BCUT2D eigenvalue weighted by atomic mass is 35.5. The lowest BCUT2D eigenvalue weighted by Gasteiger charge is -2.18. The molecule has 0 saturated carbocycles. The van der Waals surface area contributed by atoms with Crippen molar-refractivity contribution >= 4 is 38.9 Å². The number of aromatic nitrogens is 2. The number of carbonyl (C=O) groups is 1. The molecule has 10 heteroatoms. The lowest BCUT2D eigenvalue weighted by molar-refractivity contribution is 0.102. The minimum Gasteiger partial charge on any atom is -0.321 e. The Kier molecular flexibility index (Phi) is 6.56. The third kappa shape index (κ3) is 4.48. The summed E-state index contributed by atoms with van der Waals surface area (Å²) in [5.74, 6) is -0.514. The van der Waals surface area contributed by atoms with Gasteiger partial charge in [-0.1, -0.05) is 48.0 Å². The zero-order valence-electron chi connectivity index (χ0n) is 19.3.